The summed E-state index contributed by atoms with van der Waals surface area (Å²) in [4.78, 5) is 29.0. The van der Waals surface area contributed by atoms with Crippen LogP contribution in [0.3, 0.4) is 0 Å². The van der Waals surface area contributed by atoms with E-state index in [4.69, 9.17) is 4.74 Å². The average Bonchev–Trinajstić information content (AvgIpc) is 2.95. The Morgan fingerprint density at radius 2 is 1.59 bits per heavy atom. The van der Waals surface area contributed by atoms with Gasteiger partial charge in [-0.25, -0.2) is 8.42 Å². The molecule has 0 spiro atoms. The van der Waals surface area contributed by atoms with E-state index in [1.807, 2.05) is 65.0 Å². The third-order valence-corrected chi connectivity index (χ3v) is 8.80. The Morgan fingerprint density at radius 1 is 0.927 bits per heavy atom. The van der Waals surface area contributed by atoms with Gasteiger partial charge in [-0.15, -0.1) is 0 Å². The molecule has 0 saturated heterocycles. The Balaban J connectivity index is 2.13. The van der Waals surface area contributed by atoms with E-state index in [9.17, 15) is 18.0 Å². The lowest BCUT2D eigenvalue weighted by Crippen LogP contribution is -2.52. The average molecular weight is 580 g/mol. The highest BCUT2D eigenvalue weighted by molar-refractivity contribution is 7.92. The van der Waals surface area contributed by atoms with E-state index < -0.39 is 28.5 Å². The van der Waals surface area contributed by atoms with E-state index in [0.29, 0.717) is 18.7 Å². The van der Waals surface area contributed by atoms with Crippen LogP contribution in [-0.4, -0.2) is 51.4 Å². The molecule has 220 valence electrons. The number of hydrogen-bond acceptors (Lipinski definition) is 5. The predicted molar refractivity (Wildman–Crippen MR) is 163 cm³/mol. The fourth-order valence-electron chi connectivity index (χ4n) is 4.60. The van der Waals surface area contributed by atoms with E-state index in [2.05, 4.69) is 5.32 Å². The number of carbonyl (C=O) groups excluding carboxylic acids is 2. The first-order chi connectivity index (χ1) is 19.5. The van der Waals surface area contributed by atoms with Gasteiger partial charge in [-0.1, -0.05) is 61.9 Å². The molecule has 1 atom stereocenters. The van der Waals surface area contributed by atoms with Gasteiger partial charge in [0, 0.05) is 13.1 Å². The van der Waals surface area contributed by atoms with Crippen LogP contribution in [0.5, 0.6) is 5.75 Å². The summed E-state index contributed by atoms with van der Waals surface area (Å²) in [5.74, 6) is -0.444. The molecule has 0 radical (unpaired) electrons. The number of amides is 2. The second-order valence-corrected chi connectivity index (χ2v) is 12.0. The number of aryl methyl sites for hydroxylation is 3. The van der Waals surface area contributed by atoms with Crippen LogP contribution in [0, 0.1) is 20.8 Å². The first-order valence-corrected chi connectivity index (χ1v) is 15.3. The van der Waals surface area contributed by atoms with E-state index in [0.717, 1.165) is 33.0 Å². The molecule has 0 aliphatic carbocycles. The molecule has 0 saturated carbocycles. The fraction of sp³-hybridized carbons (Fsp3) is 0.375. The van der Waals surface area contributed by atoms with E-state index >= 15 is 0 Å². The second kappa shape index (κ2) is 14.2. The van der Waals surface area contributed by atoms with Crippen LogP contribution in [0.25, 0.3) is 0 Å². The summed E-state index contributed by atoms with van der Waals surface area (Å²) in [5.41, 5.74) is 3.82. The van der Waals surface area contributed by atoms with Crippen molar-refractivity contribution in [1.29, 1.82) is 0 Å². The van der Waals surface area contributed by atoms with E-state index in [-0.39, 0.29) is 23.0 Å². The highest BCUT2D eigenvalue weighted by Crippen LogP contribution is 2.34. The lowest BCUT2D eigenvalue weighted by Gasteiger charge is -2.34. The molecule has 3 aromatic rings. The van der Waals surface area contributed by atoms with Crippen LogP contribution in [0.2, 0.25) is 0 Å². The van der Waals surface area contributed by atoms with E-state index in [1.165, 1.54) is 24.1 Å². The Bertz CT molecular complexity index is 1450. The largest absolute Gasteiger partial charge is 0.495 e. The van der Waals surface area contributed by atoms with Gasteiger partial charge in [0.05, 0.1) is 17.7 Å². The zero-order chi connectivity index (χ0) is 30.2. The zero-order valence-electron chi connectivity index (χ0n) is 24.8. The number of ether oxygens (including phenoxy) is 1. The number of hydrogen-bond donors (Lipinski definition) is 1. The molecule has 9 heteroatoms. The van der Waals surface area contributed by atoms with Crippen LogP contribution >= 0.6 is 0 Å². The molecule has 0 heterocycles. The van der Waals surface area contributed by atoms with Gasteiger partial charge in [0.15, 0.2) is 0 Å². The predicted octanol–water partition coefficient (Wildman–Crippen LogP) is 5.15. The maximum absolute atomic E-state index is 14.2. The van der Waals surface area contributed by atoms with Crippen molar-refractivity contribution in [3.63, 3.8) is 0 Å². The van der Waals surface area contributed by atoms with Crippen molar-refractivity contribution in [2.45, 2.75) is 64.9 Å². The van der Waals surface area contributed by atoms with Crippen molar-refractivity contribution >= 4 is 27.5 Å². The van der Waals surface area contributed by atoms with Crippen molar-refractivity contribution < 1.29 is 22.7 Å². The molecule has 0 fully saturated rings. The van der Waals surface area contributed by atoms with Gasteiger partial charge in [-0.3, -0.25) is 13.9 Å². The number of carbonyl (C=O) groups is 2. The molecular weight excluding hydrogens is 538 g/mol. The molecule has 41 heavy (non-hydrogen) atoms. The number of nitrogens with one attached hydrogen (secondary N) is 1. The Hall–Kier alpha value is -3.85. The number of sulfonamides is 1. The molecule has 3 aromatic carbocycles. The number of nitrogens with zero attached hydrogens (tertiary/aromatic N) is 2. The van der Waals surface area contributed by atoms with Gasteiger partial charge in [0.2, 0.25) is 11.8 Å². The highest BCUT2D eigenvalue weighted by Gasteiger charge is 2.35. The van der Waals surface area contributed by atoms with Gasteiger partial charge < -0.3 is 15.0 Å². The van der Waals surface area contributed by atoms with Crippen LogP contribution in [0.4, 0.5) is 5.69 Å². The Kier molecular flexibility index (Phi) is 10.9. The molecule has 0 aliphatic rings. The quantitative estimate of drug-likeness (QED) is 0.302. The van der Waals surface area contributed by atoms with Crippen molar-refractivity contribution in [2.75, 3.05) is 24.5 Å². The third-order valence-electron chi connectivity index (χ3n) is 7.03. The third kappa shape index (κ3) is 7.67. The van der Waals surface area contributed by atoms with Crippen LogP contribution in [0.15, 0.2) is 71.6 Å². The molecular formula is C32H41N3O5S. The standard InChI is InChI=1S/C32H41N3O5S/c1-7-19-33-32(37)28(8-2)34(21-26-12-10-9-11-25(26)5)31(36)22-35(29-20-24(4)15-18-30(29)40-6)41(38,39)27-16-13-23(3)14-17-27/h9-18,20,28H,7-8,19,21-22H2,1-6H3,(H,33,37)/t28-/m1/s1. The summed E-state index contributed by atoms with van der Waals surface area (Å²) in [5, 5.41) is 2.91. The number of benzene rings is 3. The molecule has 1 N–H and O–H groups in total. The van der Waals surface area contributed by atoms with Gasteiger partial charge in [-0.2, -0.15) is 0 Å². The van der Waals surface area contributed by atoms with Crippen LogP contribution in [-0.2, 0) is 26.2 Å². The van der Waals surface area contributed by atoms with Crippen LogP contribution < -0.4 is 14.4 Å². The van der Waals surface area contributed by atoms with E-state index in [1.54, 1.807) is 24.3 Å². The number of methoxy groups -OCH3 is 1. The summed E-state index contributed by atoms with van der Waals surface area (Å²) < 4.78 is 34.9. The minimum Gasteiger partial charge on any atom is -0.495 e. The van der Waals surface area contributed by atoms with Gasteiger partial charge in [0.1, 0.15) is 18.3 Å². The molecule has 2 amide bonds. The van der Waals surface area contributed by atoms with Crippen molar-refractivity contribution in [2.24, 2.45) is 0 Å². The first kappa shape index (κ1) is 31.7. The normalized spacial score (nSPS) is 12.0. The number of anilines is 1. The summed E-state index contributed by atoms with van der Waals surface area (Å²) in [7, 11) is -2.73. The van der Waals surface area contributed by atoms with Crippen molar-refractivity contribution in [1.82, 2.24) is 10.2 Å². The van der Waals surface area contributed by atoms with Crippen molar-refractivity contribution in [3.05, 3.63) is 89.0 Å². The highest BCUT2D eigenvalue weighted by atomic mass is 32.2. The maximum Gasteiger partial charge on any atom is 0.264 e. The molecule has 0 bridgehead atoms. The summed E-state index contributed by atoms with van der Waals surface area (Å²) in [6, 6.07) is 18.6. The lowest BCUT2D eigenvalue weighted by molar-refractivity contribution is -0.140. The maximum atomic E-state index is 14.2. The molecule has 0 unspecified atom stereocenters. The molecule has 0 aliphatic heterocycles. The number of rotatable bonds is 13. The SMILES string of the molecule is CCCNC(=O)[C@@H](CC)N(Cc1ccccc1C)C(=O)CN(c1cc(C)ccc1OC)S(=O)(=O)c1ccc(C)cc1. The molecule has 3 rings (SSSR count). The summed E-state index contributed by atoms with van der Waals surface area (Å²) in [6.07, 6.45) is 1.12. The smallest absolute Gasteiger partial charge is 0.264 e. The van der Waals surface area contributed by atoms with Gasteiger partial charge >= 0.3 is 0 Å². The molecule has 0 aromatic heterocycles. The molecule has 8 nitrogen and oxygen atoms in total. The minimum atomic E-state index is -4.19. The first-order valence-electron chi connectivity index (χ1n) is 13.9. The van der Waals surface area contributed by atoms with Crippen LogP contribution in [0.1, 0.15) is 48.9 Å². The summed E-state index contributed by atoms with van der Waals surface area (Å²) in [6.45, 7) is 9.60. The summed E-state index contributed by atoms with van der Waals surface area (Å²) >= 11 is 0. The Labute approximate surface area is 244 Å². The zero-order valence-corrected chi connectivity index (χ0v) is 25.6. The van der Waals surface area contributed by atoms with Gasteiger partial charge in [-0.05, 0) is 74.6 Å². The topological polar surface area (TPSA) is 96.0 Å². The Morgan fingerprint density at radius 3 is 2.20 bits per heavy atom. The fourth-order valence-corrected chi connectivity index (χ4v) is 6.02. The lowest BCUT2D eigenvalue weighted by atomic mass is 10.1. The monoisotopic (exact) mass is 579 g/mol. The minimum absolute atomic E-state index is 0.0534. The van der Waals surface area contributed by atoms with Crippen molar-refractivity contribution in [3.8, 4) is 5.75 Å². The van der Waals surface area contributed by atoms with Gasteiger partial charge in [0.25, 0.3) is 10.0 Å². The second-order valence-electron chi connectivity index (χ2n) is 10.2.